The Labute approximate surface area is 128 Å². The largest absolute Gasteiger partial charge is 0.481 e. The van der Waals surface area contributed by atoms with E-state index in [0.29, 0.717) is 5.56 Å². The molecule has 1 N–H and O–H groups in total. The number of aliphatic carboxylic acids is 1. The SMILES string of the molecule is O=C(O)C1(c2cccc(Br)c2)CCN(CC(F)(F)F)CC1. The minimum absolute atomic E-state index is 0.123. The van der Waals surface area contributed by atoms with Crippen LogP contribution in [0.4, 0.5) is 13.2 Å². The van der Waals surface area contributed by atoms with Gasteiger partial charge in [0.25, 0.3) is 0 Å². The van der Waals surface area contributed by atoms with Crippen molar-refractivity contribution in [2.24, 2.45) is 0 Å². The normalized spacial score (nSPS) is 19.4. The number of carboxylic acids is 1. The molecule has 0 aromatic heterocycles. The summed E-state index contributed by atoms with van der Waals surface area (Å²) in [5.74, 6) is -0.979. The minimum atomic E-state index is -4.25. The molecule has 1 aromatic carbocycles. The maximum Gasteiger partial charge on any atom is 0.401 e. The van der Waals surface area contributed by atoms with Gasteiger partial charge in [-0.2, -0.15) is 13.2 Å². The molecule has 1 aromatic rings. The smallest absolute Gasteiger partial charge is 0.401 e. The second-order valence-electron chi connectivity index (χ2n) is 5.29. The van der Waals surface area contributed by atoms with Gasteiger partial charge in [0.1, 0.15) is 0 Å². The Morgan fingerprint density at radius 1 is 1.33 bits per heavy atom. The van der Waals surface area contributed by atoms with Gasteiger partial charge in [0.05, 0.1) is 12.0 Å². The monoisotopic (exact) mass is 365 g/mol. The van der Waals surface area contributed by atoms with E-state index in [-0.39, 0.29) is 25.9 Å². The summed E-state index contributed by atoms with van der Waals surface area (Å²) in [6.07, 6.45) is -3.90. The summed E-state index contributed by atoms with van der Waals surface area (Å²) < 4.78 is 38.0. The molecule has 3 nitrogen and oxygen atoms in total. The van der Waals surface area contributed by atoms with E-state index in [2.05, 4.69) is 15.9 Å². The maximum absolute atomic E-state index is 12.4. The molecule has 1 aliphatic heterocycles. The Kier molecular flexibility index (Phi) is 4.63. The van der Waals surface area contributed by atoms with Crippen LogP contribution < -0.4 is 0 Å². The molecular weight excluding hydrogens is 351 g/mol. The van der Waals surface area contributed by atoms with Crippen LogP contribution in [0, 0.1) is 0 Å². The van der Waals surface area contributed by atoms with Crippen molar-refractivity contribution in [3.05, 3.63) is 34.3 Å². The van der Waals surface area contributed by atoms with Crippen LogP contribution in [0.2, 0.25) is 0 Å². The third-order valence-corrected chi connectivity index (χ3v) is 4.39. The van der Waals surface area contributed by atoms with Gasteiger partial charge >= 0.3 is 12.1 Å². The molecule has 1 saturated heterocycles. The first-order chi connectivity index (χ1) is 9.73. The van der Waals surface area contributed by atoms with E-state index in [1.54, 1.807) is 24.3 Å². The first-order valence-corrected chi connectivity index (χ1v) is 7.31. The van der Waals surface area contributed by atoms with Crippen molar-refractivity contribution in [3.8, 4) is 0 Å². The number of rotatable bonds is 3. The van der Waals surface area contributed by atoms with Crippen molar-refractivity contribution in [3.63, 3.8) is 0 Å². The fourth-order valence-corrected chi connectivity index (χ4v) is 3.16. The summed E-state index contributed by atoms with van der Waals surface area (Å²) >= 11 is 3.30. The molecule has 1 aliphatic rings. The van der Waals surface area contributed by atoms with Crippen LogP contribution in [0.25, 0.3) is 0 Å². The summed E-state index contributed by atoms with van der Waals surface area (Å²) in [7, 11) is 0. The molecule has 0 atom stereocenters. The lowest BCUT2D eigenvalue weighted by Gasteiger charge is -2.39. The lowest BCUT2D eigenvalue weighted by Crippen LogP contribution is -2.49. The van der Waals surface area contributed by atoms with Gasteiger partial charge in [-0.25, -0.2) is 0 Å². The predicted octanol–water partition coefficient (Wildman–Crippen LogP) is 3.43. The molecule has 0 spiro atoms. The van der Waals surface area contributed by atoms with E-state index >= 15 is 0 Å². The molecule has 0 radical (unpaired) electrons. The average Bonchev–Trinajstić information content (AvgIpc) is 2.37. The van der Waals surface area contributed by atoms with Crippen LogP contribution in [0.15, 0.2) is 28.7 Å². The van der Waals surface area contributed by atoms with Crippen LogP contribution >= 0.6 is 15.9 Å². The highest BCUT2D eigenvalue weighted by Crippen LogP contribution is 2.37. The quantitative estimate of drug-likeness (QED) is 0.891. The topological polar surface area (TPSA) is 40.5 Å². The van der Waals surface area contributed by atoms with Crippen LogP contribution in [0.5, 0.6) is 0 Å². The number of alkyl halides is 3. The Morgan fingerprint density at radius 3 is 2.43 bits per heavy atom. The molecule has 0 saturated carbocycles. The summed E-state index contributed by atoms with van der Waals surface area (Å²) in [5, 5.41) is 9.60. The Hall–Kier alpha value is -1.08. The lowest BCUT2D eigenvalue weighted by atomic mass is 9.73. The van der Waals surface area contributed by atoms with Crippen molar-refractivity contribution >= 4 is 21.9 Å². The van der Waals surface area contributed by atoms with E-state index < -0.39 is 24.1 Å². The second kappa shape index (κ2) is 5.96. The first kappa shape index (κ1) is 16.3. The highest BCUT2D eigenvalue weighted by Gasteiger charge is 2.44. The highest BCUT2D eigenvalue weighted by molar-refractivity contribution is 9.10. The summed E-state index contributed by atoms with van der Waals surface area (Å²) in [5.41, 5.74) is -0.470. The van der Waals surface area contributed by atoms with Crippen LogP contribution in [0.1, 0.15) is 18.4 Å². The third kappa shape index (κ3) is 3.77. The van der Waals surface area contributed by atoms with Crippen LogP contribution in [-0.4, -0.2) is 41.8 Å². The summed E-state index contributed by atoms with van der Waals surface area (Å²) in [6.45, 7) is -0.738. The number of likely N-dealkylation sites (tertiary alicyclic amines) is 1. The number of carboxylic acid groups (broad SMARTS) is 1. The first-order valence-electron chi connectivity index (χ1n) is 6.51. The minimum Gasteiger partial charge on any atom is -0.481 e. The van der Waals surface area contributed by atoms with E-state index in [1.165, 1.54) is 4.90 Å². The molecule has 1 heterocycles. The van der Waals surface area contributed by atoms with E-state index in [4.69, 9.17) is 0 Å². The molecule has 2 rings (SSSR count). The van der Waals surface area contributed by atoms with Gasteiger partial charge in [-0.05, 0) is 43.6 Å². The number of carbonyl (C=O) groups is 1. The Balaban J connectivity index is 2.18. The molecule has 0 unspecified atom stereocenters. The third-order valence-electron chi connectivity index (χ3n) is 3.90. The maximum atomic E-state index is 12.4. The summed E-state index contributed by atoms with van der Waals surface area (Å²) in [6, 6.07) is 6.98. The number of benzene rings is 1. The molecule has 1 fully saturated rings. The van der Waals surface area contributed by atoms with Gasteiger partial charge in [-0.1, -0.05) is 28.1 Å². The number of hydrogen-bond acceptors (Lipinski definition) is 2. The van der Waals surface area contributed by atoms with E-state index in [1.807, 2.05) is 0 Å². The average molecular weight is 366 g/mol. The van der Waals surface area contributed by atoms with Crippen molar-refractivity contribution in [1.29, 1.82) is 0 Å². The van der Waals surface area contributed by atoms with E-state index in [0.717, 1.165) is 4.47 Å². The Morgan fingerprint density at radius 2 is 1.95 bits per heavy atom. The fourth-order valence-electron chi connectivity index (χ4n) is 2.76. The van der Waals surface area contributed by atoms with Crippen LogP contribution in [0.3, 0.4) is 0 Å². The lowest BCUT2D eigenvalue weighted by molar-refractivity contribution is -0.154. The van der Waals surface area contributed by atoms with Gasteiger partial charge in [-0.15, -0.1) is 0 Å². The zero-order valence-electron chi connectivity index (χ0n) is 11.2. The van der Waals surface area contributed by atoms with Crippen molar-refractivity contribution in [2.45, 2.75) is 24.4 Å². The van der Waals surface area contributed by atoms with Crippen molar-refractivity contribution in [1.82, 2.24) is 4.90 Å². The number of hydrogen-bond donors (Lipinski definition) is 1. The zero-order valence-corrected chi connectivity index (χ0v) is 12.7. The molecule has 0 bridgehead atoms. The number of nitrogens with zero attached hydrogens (tertiary/aromatic N) is 1. The molecule has 0 aliphatic carbocycles. The number of piperidine rings is 1. The molecule has 21 heavy (non-hydrogen) atoms. The highest BCUT2D eigenvalue weighted by atomic mass is 79.9. The van der Waals surface area contributed by atoms with Crippen LogP contribution in [-0.2, 0) is 10.2 Å². The van der Waals surface area contributed by atoms with Gasteiger partial charge in [-0.3, -0.25) is 9.69 Å². The predicted molar refractivity (Wildman–Crippen MR) is 75.2 cm³/mol. The van der Waals surface area contributed by atoms with Crippen molar-refractivity contribution < 1.29 is 23.1 Å². The molecule has 116 valence electrons. The van der Waals surface area contributed by atoms with Gasteiger partial charge in [0, 0.05) is 4.47 Å². The standard InChI is InChI=1S/C14H15BrF3NO2/c15-11-3-1-2-10(8-11)13(12(20)21)4-6-19(7-5-13)9-14(16,17)18/h1-3,8H,4-7,9H2,(H,20,21). The molecule has 0 amide bonds. The van der Waals surface area contributed by atoms with Crippen molar-refractivity contribution in [2.75, 3.05) is 19.6 Å². The number of halogens is 4. The van der Waals surface area contributed by atoms with Gasteiger partial charge in [0.2, 0.25) is 0 Å². The summed E-state index contributed by atoms with van der Waals surface area (Å²) in [4.78, 5) is 13.0. The van der Waals surface area contributed by atoms with Gasteiger partial charge < -0.3 is 5.11 Å². The second-order valence-corrected chi connectivity index (χ2v) is 6.20. The molecule has 7 heteroatoms. The Bertz CT molecular complexity index is 525. The van der Waals surface area contributed by atoms with E-state index in [9.17, 15) is 23.1 Å². The fraction of sp³-hybridized carbons (Fsp3) is 0.500. The molecular formula is C14H15BrF3NO2. The zero-order chi connectivity index (χ0) is 15.7. The van der Waals surface area contributed by atoms with Gasteiger partial charge in [0.15, 0.2) is 0 Å².